The summed E-state index contributed by atoms with van der Waals surface area (Å²) in [7, 11) is -3.82. The minimum atomic E-state index is -3.82. The molecule has 1 saturated carbocycles. The molecular weight excluding hydrogens is 496 g/mol. The highest BCUT2D eigenvalue weighted by Gasteiger charge is 2.28. The van der Waals surface area contributed by atoms with Crippen LogP contribution in [-0.4, -0.2) is 36.8 Å². The van der Waals surface area contributed by atoms with Crippen molar-refractivity contribution in [1.29, 1.82) is 0 Å². The van der Waals surface area contributed by atoms with Gasteiger partial charge in [0.05, 0.1) is 38.0 Å². The molecule has 10 heteroatoms. The average molecular weight is 515 g/mol. The topological polar surface area (TPSA) is 78.3 Å². The predicted octanol–water partition coefficient (Wildman–Crippen LogP) is 5.00. The summed E-state index contributed by atoms with van der Waals surface area (Å²) in [6, 6.07) is 4.63. The van der Waals surface area contributed by atoms with Crippen molar-refractivity contribution < 1.29 is 17.9 Å². The SMILES string of the molecule is CCOC(=O)c1cc(S(=O)(=O)c2cc(Br)c3c(c2)ncn3CC2CC2)c(SC)s1. The van der Waals surface area contributed by atoms with E-state index in [1.807, 2.05) is 0 Å². The highest BCUT2D eigenvalue weighted by atomic mass is 79.9. The van der Waals surface area contributed by atoms with Gasteiger partial charge in [-0.05, 0) is 66.1 Å². The standard InChI is InChI=1S/C19H19BrN2O4S3/c1-3-26-18(23)15-8-16(19(27-2)28-15)29(24,25)12-6-13(20)17-14(7-12)21-10-22(17)9-11-4-5-11/h6-8,10-11H,3-5,9H2,1-2H3. The van der Waals surface area contributed by atoms with Crippen molar-refractivity contribution in [2.75, 3.05) is 12.9 Å². The Morgan fingerprint density at radius 1 is 1.38 bits per heavy atom. The van der Waals surface area contributed by atoms with Crippen LogP contribution < -0.4 is 0 Å². The van der Waals surface area contributed by atoms with Crippen LogP contribution in [0.3, 0.4) is 0 Å². The lowest BCUT2D eigenvalue weighted by Gasteiger charge is -2.08. The molecule has 1 aliphatic carbocycles. The second-order valence-electron chi connectivity index (χ2n) is 6.80. The minimum Gasteiger partial charge on any atom is -0.462 e. The van der Waals surface area contributed by atoms with Crippen molar-refractivity contribution >= 4 is 65.9 Å². The van der Waals surface area contributed by atoms with E-state index in [-0.39, 0.29) is 21.3 Å². The summed E-state index contributed by atoms with van der Waals surface area (Å²) in [5.74, 6) is 0.170. The summed E-state index contributed by atoms with van der Waals surface area (Å²) in [5.41, 5.74) is 1.53. The fourth-order valence-electron chi connectivity index (χ4n) is 3.12. The van der Waals surface area contributed by atoms with Crippen LogP contribution in [-0.2, 0) is 21.1 Å². The number of hydrogen-bond acceptors (Lipinski definition) is 7. The Bertz CT molecular complexity index is 1200. The van der Waals surface area contributed by atoms with E-state index in [4.69, 9.17) is 4.74 Å². The van der Waals surface area contributed by atoms with E-state index in [0.29, 0.717) is 20.1 Å². The number of nitrogens with zero attached hydrogens (tertiary/aromatic N) is 2. The number of benzene rings is 1. The summed E-state index contributed by atoms with van der Waals surface area (Å²) in [5, 5.41) is 0. The van der Waals surface area contributed by atoms with Crippen LogP contribution in [0.4, 0.5) is 0 Å². The second kappa shape index (κ2) is 8.05. The third-order valence-electron chi connectivity index (χ3n) is 4.72. The number of aromatic nitrogens is 2. The number of hydrogen-bond donors (Lipinski definition) is 0. The van der Waals surface area contributed by atoms with Crippen LogP contribution in [0.5, 0.6) is 0 Å². The number of esters is 1. The van der Waals surface area contributed by atoms with Crippen molar-refractivity contribution in [3.8, 4) is 0 Å². The van der Waals surface area contributed by atoms with Crippen molar-refractivity contribution in [2.45, 2.75) is 40.3 Å². The lowest BCUT2D eigenvalue weighted by molar-refractivity contribution is 0.0532. The summed E-state index contributed by atoms with van der Waals surface area (Å²) in [6.45, 7) is 2.85. The summed E-state index contributed by atoms with van der Waals surface area (Å²) >= 11 is 5.97. The minimum absolute atomic E-state index is 0.127. The van der Waals surface area contributed by atoms with Gasteiger partial charge in [-0.2, -0.15) is 0 Å². The normalized spacial score (nSPS) is 14.4. The second-order valence-corrected chi connectivity index (χ2v) is 11.7. The van der Waals surface area contributed by atoms with Gasteiger partial charge in [0.25, 0.3) is 0 Å². The number of thiophene rings is 1. The van der Waals surface area contributed by atoms with Crippen molar-refractivity contribution in [1.82, 2.24) is 9.55 Å². The summed E-state index contributed by atoms with van der Waals surface area (Å²) < 4.78 is 35.1. The van der Waals surface area contributed by atoms with Crippen LogP contribution in [0, 0.1) is 5.92 Å². The summed E-state index contributed by atoms with van der Waals surface area (Å²) in [6.07, 6.45) is 6.00. The van der Waals surface area contributed by atoms with Crippen LogP contribution in [0.15, 0.2) is 43.0 Å². The van der Waals surface area contributed by atoms with E-state index in [0.717, 1.165) is 23.4 Å². The molecule has 6 nitrogen and oxygen atoms in total. The van der Waals surface area contributed by atoms with E-state index in [9.17, 15) is 13.2 Å². The van der Waals surface area contributed by atoms with Crippen LogP contribution in [0.1, 0.15) is 29.4 Å². The molecule has 1 fully saturated rings. The Morgan fingerprint density at radius 2 is 2.14 bits per heavy atom. The van der Waals surface area contributed by atoms with E-state index in [1.165, 1.54) is 30.7 Å². The van der Waals surface area contributed by atoms with Gasteiger partial charge >= 0.3 is 5.97 Å². The number of carbonyl (C=O) groups is 1. The smallest absolute Gasteiger partial charge is 0.348 e. The number of ether oxygens (including phenoxy) is 1. The van der Waals surface area contributed by atoms with Gasteiger partial charge in [-0.15, -0.1) is 23.1 Å². The zero-order valence-electron chi connectivity index (χ0n) is 15.8. The number of fused-ring (bicyclic) bond motifs is 1. The number of carbonyl (C=O) groups excluding carboxylic acids is 1. The van der Waals surface area contributed by atoms with Crippen molar-refractivity contribution in [2.24, 2.45) is 5.92 Å². The van der Waals surface area contributed by atoms with Crippen LogP contribution >= 0.6 is 39.0 Å². The molecule has 2 aromatic heterocycles. The monoisotopic (exact) mass is 514 g/mol. The van der Waals surface area contributed by atoms with Crippen LogP contribution in [0.25, 0.3) is 11.0 Å². The molecule has 0 saturated heterocycles. The molecule has 0 amide bonds. The van der Waals surface area contributed by atoms with E-state index >= 15 is 0 Å². The Kier molecular flexibility index (Phi) is 5.80. The first-order chi connectivity index (χ1) is 13.8. The van der Waals surface area contributed by atoms with E-state index in [2.05, 4.69) is 25.5 Å². The first kappa shape index (κ1) is 20.9. The van der Waals surface area contributed by atoms with E-state index < -0.39 is 15.8 Å². The molecule has 0 bridgehead atoms. The van der Waals surface area contributed by atoms with Gasteiger partial charge in [-0.25, -0.2) is 18.2 Å². The van der Waals surface area contributed by atoms with Gasteiger partial charge < -0.3 is 9.30 Å². The lowest BCUT2D eigenvalue weighted by Crippen LogP contribution is -2.04. The average Bonchev–Trinajstić information content (AvgIpc) is 3.23. The lowest BCUT2D eigenvalue weighted by atomic mass is 10.3. The quantitative estimate of drug-likeness (QED) is 0.326. The van der Waals surface area contributed by atoms with Gasteiger partial charge in [0, 0.05) is 11.0 Å². The van der Waals surface area contributed by atoms with Gasteiger partial charge in [-0.3, -0.25) is 0 Å². The third-order valence-corrected chi connectivity index (χ3v) is 9.59. The maximum atomic E-state index is 13.4. The fourth-order valence-corrected chi connectivity index (χ4v) is 7.89. The number of sulfone groups is 1. The van der Waals surface area contributed by atoms with Crippen molar-refractivity contribution in [3.63, 3.8) is 0 Å². The largest absolute Gasteiger partial charge is 0.462 e. The number of halogens is 1. The van der Waals surface area contributed by atoms with Gasteiger partial charge in [-0.1, -0.05) is 0 Å². The third kappa shape index (κ3) is 3.99. The Morgan fingerprint density at radius 3 is 2.79 bits per heavy atom. The molecular formula is C19H19BrN2O4S3. The molecule has 0 unspecified atom stereocenters. The highest BCUT2D eigenvalue weighted by molar-refractivity contribution is 9.10. The summed E-state index contributed by atoms with van der Waals surface area (Å²) in [4.78, 5) is 17.1. The maximum Gasteiger partial charge on any atom is 0.348 e. The molecule has 154 valence electrons. The molecule has 1 aromatic carbocycles. The number of rotatable bonds is 7. The van der Waals surface area contributed by atoms with Crippen molar-refractivity contribution in [3.05, 3.63) is 33.9 Å². The number of imidazole rings is 1. The molecule has 0 spiro atoms. The Labute approximate surface area is 185 Å². The fraction of sp³-hybridized carbons (Fsp3) is 0.368. The Balaban J connectivity index is 1.77. The molecule has 1 aliphatic rings. The van der Waals surface area contributed by atoms with Gasteiger partial charge in [0.1, 0.15) is 4.88 Å². The molecule has 2 heterocycles. The van der Waals surface area contributed by atoms with Gasteiger partial charge in [0.2, 0.25) is 9.84 Å². The first-order valence-corrected chi connectivity index (χ1v) is 13.4. The molecule has 0 radical (unpaired) electrons. The zero-order chi connectivity index (χ0) is 20.8. The zero-order valence-corrected chi connectivity index (χ0v) is 19.9. The van der Waals surface area contributed by atoms with E-state index in [1.54, 1.807) is 31.6 Å². The molecule has 0 aliphatic heterocycles. The molecule has 3 aromatic rings. The molecule has 4 rings (SSSR count). The molecule has 0 atom stereocenters. The van der Waals surface area contributed by atoms with Gasteiger partial charge in [0.15, 0.2) is 0 Å². The molecule has 0 N–H and O–H groups in total. The maximum absolute atomic E-state index is 13.4. The highest BCUT2D eigenvalue weighted by Crippen LogP contribution is 2.39. The Hall–Kier alpha value is -1.36. The number of thioether (sulfide) groups is 1. The molecule has 29 heavy (non-hydrogen) atoms. The predicted molar refractivity (Wildman–Crippen MR) is 118 cm³/mol. The van der Waals surface area contributed by atoms with Crippen LogP contribution in [0.2, 0.25) is 0 Å². The first-order valence-electron chi connectivity index (χ1n) is 9.09.